The smallest absolute Gasteiger partial charge is 0.260 e. The van der Waals surface area contributed by atoms with Gasteiger partial charge in [-0.25, -0.2) is 13.8 Å². The highest BCUT2D eigenvalue weighted by Crippen LogP contribution is 2.24. The molecule has 0 saturated heterocycles. The van der Waals surface area contributed by atoms with Crippen LogP contribution in [-0.2, 0) is 0 Å². The largest absolute Gasteiger partial charge is 0.436 e. The van der Waals surface area contributed by atoms with Crippen LogP contribution in [-0.4, -0.2) is 16.5 Å². The van der Waals surface area contributed by atoms with Crippen molar-refractivity contribution in [2.75, 3.05) is 11.9 Å². The number of hydrogen-bond acceptors (Lipinski definition) is 4. The molecule has 4 nitrogen and oxygen atoms in total. The second-order valence-electron chi connectivity index (χ2n) is 3.58. The maximum atomic E-state index is 13.4. The lowest BCUT2D eigenvalue weighted by Crippen LogP contribution is -2.04. The van der Waals surface area contributed by atoms with E-state index < -0.39 is 23.3 Å². The van der Waals surface area contributed by atoms with Crippen molar-refractivity contribution in [3.63, 3.8) is 0 Å². The number of aromatic nitrogens is 2. The Bertz CT molecular complexity index is 572. The normalized spacial score (nSPS) is 10.3. The van der Waals surface area contributed by atoms with Gasteiger partial charge < -0.3 is 10.1 Å². The van der Waals surface area contributed by atoms with E-state index in [1.807, 2.05) is 6.92 Å². The SMILES string of the molecule is CCNc1ncc(F)c(Oc2cc(F)cc(F)c2)n1. The summed E-state index contributed by atoms with van der Waals surface area (Å²) in [5.41, 5.74) is 0. The molecule has 2 aromatic rings. The van der Waals surface area contributed by atoms with Gasteiger partial charge in [-0.05, 0) is 6.92 Å². The van der Waals surface area contributed by atoms with Crippen molar-refractivity contribution < 1.29 is 17.9 Å². The van der Waals surface area contributed by atoms with E-state index in [0.29, 0.717) is 12.6 Å². The number of halogens is 3. The summed E-state index contributed by atoms with van der Waals surface area (Å²) in [7, 11) is 0. The molecule has 1 N–H and O–H groups in total. The van der Waals surface area contributed by atoms with Gasteiger partial charge in [-0.1, -0.05) is 0 Å². The molecule has 0 atom stereocenters. The number of benzene rings is 1. The Morgan fingerprint density at radius 2 is 1.84 bits per heavy atom. The van der Waals surface area contributed by atoms with Crippen LogP contribution in [0.4, 0.5) is 19.1 Å². The van der Waals surface area contributed by atoms with Crippen molar-refractivity contribution in [1.82, 2.24) is 9.97 Å². The van der Waals surface area contributed by atoms with E-state index in [9.17, 15) is 13.2 Å². The number of nitrogens with one attached hydrogen (secondary N) is 1. The van der Waals surface area contributed by atoms with Gasteiger partial charge in [-0.15, -0.1) is 0 Å². The molecule has 1 heterocycles. The van der Waals surface area contributed by atoms with Gasteiger partial charge in [0.25, 0.3) is 5.88 Å². The molecule has 0 radical (unpaired) electrons. The third-order valence-corrected chi connectivity index (χ3v) is 2.10. The molecule has 0 aliphatic rings. The summed E-state index contributed by atoms with van der Waals surface area (Å²) in [6.45, 7) is 2.36. The summed E-state index contributed by atoms with van der Waals surface area (Å²) in [5.74, 6) is -2.90. The molecule has 2 rings (SSSR count). The molecule has 0 aliphatic heterocycles. The second kappa shape index (κ2) is 5.55. The Morgan fingerprint density at radius 3 is 2.47 bits per heavy atom. The first kappa shape index (κ1) is 13.1. The quantitative estimate of drug-likeness (QED) is 0.926. The fraction of sp³-hybridized carbons (Fsp3) is 0.167. The standard InChI is InChI=1S/C12H10F3N3O/c1-2-16-12-17-6-10(15)11(18-12)19-9-4-7(13)3-8(14)5-9/h3-6H,2H2,1H3,(H,16,17,18). The zero-order valence-electron chi connectivity index (χ0n) is 9.95. The van der Waals surface area contributed by atoms with Crippen LogP contribution in [0.3, 0.4) is 0 Å². The molecule has 7 heteroatoms. The van der Waals surface area contributed by atoms with Gasteiger partial charge >= 0.3 is 0 Å². The Hall–Kier alpha value is -2.31. The minimum atomic E-state index is -0.827. The number of rotatable bonds is 4. The van der Waals surface area contributed by atoms with E-state index in [4.69, 9.17) is 4.74 Å². The van der Waals surface area contributed by atoms with Crippen LogP contribution in [0.1, 0.15) is 6.92 Å². The summed E-state index contributed by atoms with van der Waals surface area (Å²) in [6.07, 6.45) is 0.913. The Labute approximate surface area is 107 Å². The van der Waals surface area contributed by atoms with E-state index in [1.54, 1.807) is 0 Å². The van der Waals surface area contributed by atoms with Gasteiger partial charge in [0.15, 0.2) is 0 Å². The third-order valence-electron chi connectivity index (χ3n) is 2.10. The first-order valence-electron chi connectivity index (χ1n) is 5.49. The summed E-state index contributed by atoms with van der Waals surface area (Å²) in [5, 5.41) is 2.77. The van der Waals surface area contributed by atoms with Crippen molar-refractivity contribution in [1.29, 1.82) is 0 Å². The number of nitrogens with zero attached hydrogens (tertiary/aromatic N) is 2. The second-order valence-corrected chi connectivity index (χ2v) is 3.58. The summed E-state index contributed by atoms with van der Waals surface area (Å²) in [4.78, 5) is 7.43. The highest BCUT2D eigenvalue weighted by atomic mass is 19.1. The van der Waals surface area contributed by atoms with Gasteiger partial charge in [0.05, 0.1) is 6.20 Å². The molecule has 100 valence electrons. The average molecular weight is 269 g/mol. The number of hydrogen-bond donors (Lipinski definition) is 1. The maximum absolute atomic E-state index is 13.4. The zero-order valence-corrected chi connectivity index (χ0v) is 9.95. The van der Waals surface area contributed by atoms with Crippen LogP contribution < -0.4 is 10.1 Å². The fourth-order valence-electron chi connectivity index (χ4n) is 1.37. The predicted octanol–water partition coefficient (Wildman–Crippen LogP) is 3.12. The summed E-state index contributed by atoms with van der Waals surface area (Å²) >= 11 is 0. The van der Waals surface area contributed by atoms with Gasteiger partial charge in [0, 0.05) is 24.7 Å². The first-order valence-corrected chi connectivity index (χ1v) is 5.49. The first-order chi connectivity index (χ1) is 9.08. The Morgan fingerprint density at radius 1 is 1.16 bits per heavy atom. The van der Waals surface area contributed by atoms with Crippen LogP contribution in [0.25, 0.3) is 0 Å². The molecular weight excluding hydrogens is 259 g/mol. The lowest BCUT2D eigenvalue weighted by atomic mass is 10.3. The van der Waals surface area contributed by atoms with Crippen LogP contribution in [0, 0.1) is 17.5 Å². The molecule has 0 bridgehead atoms. The zero-order chi connectivity index (χ0) is 13.8. The van der Waals surface area contributed by atoms with Gasteiger partial charge in [-0.2, -0.15) is 9.37 Å². The predicted molar refractivity (Wildman–Crippen MR) is 62.6 cm³/mol. The van der Waals surface area contributed by atoms with E-state index in [0.717, 1.165) is 18.3 Å². The van der Waals surface area contributed by atoms with Crippen molar-refractivity contribution >= 4 is 5.95 Å². The Kier molecular flexibility index (Phi) is 3.84. The van der Waals surface area contributed by atoms with Gasteiger partial charge in [-0.3, -0.25) is 0 Å². The molecule has 0 unspecified atom stereocenters. The lowest BCUT2D eigenvalue weighted by Gasteiger charge is -2.07. The molecule has 0 fully saturated rings. The molecule has 19 heavy (non-hydrogen) atoms. The average Bonchev–Trinajstić information content (AvgIpc) is 2.32. The van der Waals surface area contributed by atoms with Crippen LogP contribution >= 0.6 is 0 Å². The minimum Gasteiger partial charge on any atom is -0.436 e. The maximum Gasteiger partial charge on any atom is 0.260 e. The van der Waals surface area contributed by atoms with E-state index in [2.05, 4.69) is 15.3 Å². The van der Waals surface area contributed by atoms with Crippen molar-refractivity contribution in [3.05, 3.63) is 41.8 Å². The van der Waals surface area contributed by atoms with E-state index in [1.165, 1.54) is 0 Å². The highest BCUT2D eigenvalue weighted by molar-refractivity contribution is 5.32. The molecule has 0 aliphatic carbocycles. The number of anilines is 1. The third kappa shape index (κ3) is 3.34. The minimum absolute atomic E-state index is 0.163. The summed E-state index contributed by atoms with van der Waals surface area (Å²) in [6, 6.07) is 2.54. The lowest BCUT2D eigenvalue weighted by molar-refractivity contribution is 0.414. The number of ether oxygens (including phenoxy) is 1. The molecular formula is C12H10F3N3O. The van der Waals surface area contributed by atoms with Crippen molar-refractivity contribution in [3.8, 4) is 11.6 Å². The van der Waals surface area contributed by atoms with Gasteiger partial charge in [0.1, 0.15) is 17.4 Å². The van der Waals surface area contributed by atoms with Crippen molar-refractivity contribution in [2.45, 2.75) is 6.92 Å². The Balaban J connectivity index is 2.28. The molecule has 1 aromatic heterocycles. The molecule has 0 saturated carbocycles. The highest BCUT2D eigenvalue weighted by Gasteiger charge is 2.10. The van der Waals surface area contributed by atoms with E-state index >= 15 is 0 Å². The van der Waals surface area contributed by atoms with Crippen LogP contribution in [0.15, 0.2) is 24.4 Å². The molecule has 1 aromatic carbocycles. The fourth-order valence-corrected chi connectivity index (χ4v) is 1.37. The topological polar surface area (TPSA) is 47.0 Å². The van der Waals surface area contributed by atoms with Crippen LogP contribution in [0.2, 0.25) is 0 Å². The molecule has 0 amide bonds. The van der Waals surface area contributed by atoms with Gasteiger partial charge in [0.2, 0.25) is 11.8 Å². The monoisotopic (exact) mass is 269 g/mol. The van der Waals surface area contributed by atoms with Crippen LogP contribution in [0.5, 0.6) is 11.6 Å². The van der Waals surface area contributed by atoms with E-state index in [-0.39, 0.29) is 11.7 Å². The van der Waals surface area contributed by atoms with Crippen molar-refractivity contribution in [2.24, 2.45) is 0 Å². The molecule has 0 spiro atoms. The summed E-state index contributed by atoms with van der Waals surface area (Å²) < 4.78 is 44.4.